The summed E-state index contributed by atoms with van der Waals surface area (Å²) in [7, 11) is 0. The molecule has 0 radical (unpaired) electrons. The molecule has 0 bridgehead atoms. The van der Waals surface area contributed by atoms with Crippen molar-refractivity contribution in [2.75, 3.05) is 0 Å². The number of nitrogens with zero attached hydrogens (tertiary/aromatic N) is 1. The third kappa shape index (κ3) is 3.50. The van der Waals surface area contributed by atoms with Gasteiger partial charge in [0.25, 0.3) is 0 Å². The van der Waals surface area contributed by atoms with Crippen molar-refractivity contribution >= 4 is 6.29 Å². The highest BCUT2D eigenvalue weighted by Crippen LogP contribution is 1.96. The Morgan fingerprint density at radius 3 is 2.36 bits per heavy atom. The highest BCUT2D eigenvalue weighted by molar-refractivity contribution is 5.74. The molecule has 0 fully saturated rings. The zero-order chi connectivity index (χ0) is 8.69. The molecular formula is C9H13NO. The van der Waals surface area contributed by atoms with Gasteiger partial charge in [-0.3, -0.25) is 9.78 Å². The lowest BCUT2D eigenvalue weighted by Crippen LogP contribution is -1.82. The predicted molar refractivity (Wildman–Crippen MR) is 45.7 cm³/mol. The van der Waals surface area contributed by atoms with Crippen LogP contribution >= 0.6 is 0 Å². The van der Waals surface area contributed by atoms with Gasteiger partial charge in [0.15, 0.2) is 6.29 Å². The van der Waals surface area contributed by atoms with Crippen molar-refractivity contribution in [2.24, 2.45) is 0 Å². The van der Waals surface area contributed by atoms with Crippen molar-refractivity contribution < 1.29 is 4.79 Å². The Bertz CT molecular complexity index is 221. The van der Waals surface area contributed by atoms with E-state index in [4.69, 9.17) is 0 Å². The molecule has 0 unspecified atom stereocenters. The van der Waals surface area contributed by atoms with Gasteiger partial charge in [-0.2, -0.15) is 0 Å². The highest BCUT2D eigenvalue weighted by atomic mass is 16.1. The van der Waals surface area contributed by atoms with E-state index in [0.717, 1.165) is 11.8 Å². The molecule has 0 aliphatic heterocycles. The van der Waals surface area contributed by atoms with Crippen molar-refractivity contribution in [1.29, 1.82) is 0 Å². The summed E-state index contributed by atoms with van der Waals surface area (Å²) in [5.41, 5.74) is 1.65. The summed E-state index contributed by atoms with van der Waals surface area (Å²) in [6.45, 7) is 5.90. The monoisotopic (exact) mass is 151 g/mol. The molecule has 0 aliphatic carbocycles. The van der Waals surface area contributed by atoms with Crippen molar-refractivity contribution in [3.63, 3.8) is 0 Å². The Morgan fingerprint density at radius 1 is 1.36 bits per heavy atom. The van der Waals surface area contributed by atoms with Crippen LogP contribution in [0.4, 0.5) is 0 Å². The SMILES string of the molecule is CC.Cc1cncc(C=O)c1. The van der Waals surface area contributed by atoms with Crippen LogP contribution in [0.25, 0.3) is 0 Å². The molecule has 0 saturated heterocycles. The highest BCUT2D eigenvalue weighted by Gasteiger charge is 1.87. The first-order valence-corrected chi connectivity index (χ1v) is 3.70. The Kier molecular flexibility index (Phi) is 4.99. The van der Waals surface area contributed by atoms with Crippen LogP contribution in [0.2, 0.25) is 0 Å². The lowest BCUT2D eigenvalue weighted by atomic mass is 10.2. The summed E-state index contributed by atoms with van der Waals surface area (Å²) >= 11 is 0. The molecule has 0 spiro atoms. The van der Waals surface area contributed by atoms with Gasteiger partial charge >= 0.3 is 0 Å². The van der Waals surface area contributed by atoms with E-state index in [0.29, 0.717) is 5.56 Å². The van der Waals surface area contributed by atoms with Gasteiger partial charge in [-0.25, -0.2) is 0 Å². The zero-order valence-corrected chi connectivity index (χ0v) is 7.16. The molecule has 0 aromatic carbocycles. The number of hydrogen-bond acceptors (Lipinski definition) is 2. The fraction of sp³-hybridized carbons (Fsp3) is 0.333. The molecule has 0 aliphatic rings. The van der Waals surface area contributed by atoms with Crippen molar-refractivity contribution in [1.82, 2.24) is 4.98 Å². The Hall–Kier alpha value is -1.18. The molecule has 0 N–H and O–H groups in total. The first kappa shape index (κ1) is 9.82. The minimum atomic E-state index is 0.634. The van der Waals surface area contributed by atoms with Gasteiger partial charge in [0.1, 0.15) is 0 Å². The van der Waals surface area contributed by atoms with Gasteiger partial charge in [0.2, 0.25) is 0 Å². The Morgan fingerprint density at radius 2 is 2.00 bits per heavy atom. The largest absolute Gasteiger partial charge is 0.298 e. The van der Waals surface area contributed by atoms with Crippen LogP contribution < -0.4 is 0 Å². The standard InChI is InChI=1S/C7H7NO.C2H6/c1-6-2-7(5-9)4-8-3-6;1-2/h2-5H,1H3;1-2H3. The van der Waals surface area contributed by atoms with E-state index in [2.05, 4.69) is 4.98 Å². The summed E-state index contributed by atoms with van der Waals surface area (Å²) in [6.07, 6.45) is 4.05. The predicted octanol–water partition coefficient (Wildman–Crippen LogP) is 2.23. The van der Waals surface area contributed by atoms with E-state index >= 15 is 0 Å². The van der Waals surface area contributed by atoms with E-state index in [9.17, 15) is 4.79 Å². The van der Waals surface area contributed by atoms with Gasteiger partial charge in [0, 0.05) is 18.0 Å². The third-order valence-corrected chi connectivity index (χ3v) is 1.03. The molecule has 2 heteroatoms. The number of carbonyl (C=O) groups is 1. The van der Waals surface area contributed by atoms with Crippen molar-refractivity contribution in [3.05, 3.63) is 29.6 Å². The Labute approximate surface area is 67.3 Å². The Balaban J connectivity index is 0.000000461. The summed E-state index contributed by atoms with van der Waals surface area (Å²) in [5.74, 6) is 0. The molecule has 0 amide bonds. The number of pyridine rings is 1. The lowest BCUT2D eigenvalue weighted by Gasteiger charge is -1.89. The van der Waals surface area contributed by atoms with Crippen LogP contribution in [-0.2, 0) is 0 Å². The normalized spacial score (nSPS) is 7.91. The van der Waals surface area contributed by atoms with Crippen molar-refractivity contribution in [3.8, 4) is 0 Å². The second kappa shape index (κ2) is 5.59. The molecule has 0 atom stereocenters. The average molecular weight is 151 g/mol. The van der Waals surface area contributed by atoms with E-state index in [-0.39, 0.29) is 0 Å². The van der Waals surface area contributed by atoms with Crippen LogP contribution in [0.3, 0.4) is 0 Å². The quantitative estimate of drug-likeness (QED) is 0.576. The number of aromatic nitrogens is 1. The van der Waals surface area contributed by atoms with Crippen LogP contribution in [-0.4, -0.2) is 11.3 Å². The maximum Gasteiger partial charge on any atom is 0.151 e. The topological polar surface area (TPSA) is 30.0 Å². The van der Waals surface area contributed by atoms with Crippen LogP contribution in [0.5, 0.6) is 0 Å². The molecule has 60 valence electrons. The van der Waals surface area contributed by atoms with Crippen LogP contribution in [0.1, 0.15) is 29.8 Å². The smallest absolute Gasteiger partial charge is 0.151 e. The molecule has 0 saturated carbocycles. The van der Waals surface area contributed by atoms with Crippen LogP contribution in [0, 0.1) is 6.92 Å². The van der Waals surface area contributed by atoms with Gasteiger partial charge < -0.3 is 0 Å². The lowest BCUT2D eigenvalue weighted by molar-refractivity contribution is 0.112. The molecule has 1 aromatic rings. The maximum atomic E-state index is 10.1. The number of aryl methyl sites for hydroxylation is 1. The fourth-order valence-electron chi connectivity index (χ4n) is 0.643. The van der Waals surface area contributed by atoms with E-state index in [1.54, 1.807) is 18.5 Å². The second-order valence-electron chi connectivity index (χ2n) is 1.91. The zero-order valence-electron chi connectivity index (χ0n) is 7.16. The summed E-state index contributed by atoms with van der Waals surface area (Å²) in [4.78, 5) is 13.9. The van der Waals surface area contributed by atoms with Gasteiger partial charge in [-0.1, -0.05) is 13.8 Å². The summed E-state index contributed by atoms with van der Waals surface area (Å²) in [6, 6.07) is 1.79. The molecule has 1 heterocycles. The summed E-state index contributed by atoms with van der Waals surface area (Å²) < 4.78 is 0. The summed E-state index contributed by atoms with van der Waals surface area (Å²) in [5, 5.41) is 0. The van der Waals surface area contributed by atoms with E-state index < -0.39 is 0 Å². The molecule has 1 rings (SSSR count). The first-order chi connectivity index (χ1) is 5.33. The fourth-order valence-corrected chi connectivity index (χ4v) is 0.643. The van der Waals surface area contributed by atoms with Crippen LogP contribution in [0.15, 0.2) is 18.5 Å². The number of aldehydes is 1. The first-order valence-electron chi connectivity index (χ1n) is 3.70. The molecule has 2 nitrogen and oxygen atoms in total. The van der Waals surface area contributed by atoms with E-state index in [1.807, 2.05) is 20.8 Å². The maximum absolute atomic E-state index is 10.1. The third-order valence-electron chi connectivity index (χ3n) is 1.03. The minimum absolute atomic E-state index is 0.634. The molecule has 11 heavy (non-hydrogen) atoms. The molecule has 1 aromatic heterocycles. The number of carbonyl (C=O) groups excluding carboxylic acids is 1. The number of hydrogen-bond donors (Lipinski definition) is 0. The van der Waals surface area contributed by atoms with Gasteiger partial charge in [0.05, 0.1) is 0 Å². The second-order valence-corrected chi connectivity index (χ2v) is 1.91. The van der Waals surface area contributed by atoms with Crippen molar-refractivity contribution in [2.45, 2.75) is 20.8 Å². The molecular weight excluding hydrogens is 138 g/mol. The average Bonchev–Trinajstić information content (AvgIpc) is 2.08. The van der Waals surface area contributed by atoms with Gasteiger partial charge in [-0.05, 0) is 18.6 Å². The minimum Gasteiger partial charge on any atom is -0.298 e. The van der Waals surface area contributed by atoms with Gasteiger partial charge in [-0.15, -0.1) is 0 Å². The van der Waals surface area contributed by atoms with E-state index in [1.165, 1.54) is 0 Å². The number of rotatable bonds is 1.